The van der Waals surface area contributed by atoms with Crippen molar-refractivity contribution in [2.24, 2.45) is 0 Å². The summed E-state index contributed by atoms with van der Waals surface area (Å²) in [6.45, 7) is 4.79. The lowest BCUT2D eigenvalue weighted by Crippen LogP contribution is -2.39. The van der Waals surface area contributed by atoms with E-state index in [2.05, 4.69) is 12.1 Å². The van der Waals surface area contributed by atoms with Gasteiger partial charge < -0.3 is 9.64 Å². The van der Waals surface area contributed by atoms with Gasteiger partial charge in [0.2, 0.25) is 0 Å². The summed E-state index contributed by atoms with van der Waals surface area (Å²) in [5, 5.41) is 0. The van der Waals surface area contributed by atoms with Gasteiger partial charge in [0.25, 0.3) is 5.91 Å². The van der Waals surface area contributed by atoms with Crippen LogP contribution in [0.2, 0.25) is 0 Å². The Bertz CT molecular complexity index is 709. The van der Waals surface area contributed by atoms with Crippen molar-refractivity contribution in [3.05, 3.63) is 65.2 Å². The van der Waals surface area contributed by atoms with Crippen LogP contribution in [0.4, 0.5) is 0 Å². The van der Waals surface area contributed by atoms with E-state index < -0.39 is 0 Å². The van der Waals surface area contributed by atoms with Crippen LogP contribution < -0.4 is 4.74 Å². The molecule has 0 heterocycles. The Kier molecular flexibility index (Phi) is 5.75. The highest BCUT2D eigenvalue weighted by Crippen LogP contribution is 2.25. The molecule has 25 heavy (non-hydrogen) atoms. The molecule has 0 saturated carbocycles. The quantitative estimate of drug-likeness (QED) is 0.783. The fourth-order valence-corrected chi connectivity index (χ4v) is 3.37. The number of benzene rings is 2. The van der Waals surface area contributed by atoms with Gasteiger partial charge in [0.05, 0.1) is 0 Å². The summed E-state index contributed by atoms with van der Waals surface area (Å²) in [4.78, 5) is 14.5. The molecule has 0 aliphatic heterocycles. The second-order valence-corrected chi connectivity index (χ2v) is 7.03. The van der Waals surface area contributed by atoms with Crippen molar-refractivity contribution in [3.63, 3.8) is 0 Å². The summed E-state index contributed by atoms with van der Waals surface area (Å²) in [6, 6.07) is 16.5. The minimum atomic E-state index is 0.0246. The molecule has 1 amide bonds. The average Bonchev–Trinajstić information content (AvgIpc) is 2.64. The Morgan fingerprint density at radius 3 is 2.48 bits per heavy atom. The Morgan fingerprint density at radius 2 is 1.76 bits per heavy atom. The van der Waals surface area contributed by atoms with Crippen LogP contribution in [0, 0.1) is 0 Å². The Hall–Kier alpha value is -2.29. The largest absolute Gasteiger partial charge is 0.484 e. The number of hydrogen-bond donors (Lipinski definition) is 0. The van der Waals surface area contributed by atoms with E-state index in [1.54, 1.807) is 0 Å². The van der Waals surface area contributed by atoms with E-state index in [1.165, 1.54) is 24.0 Å². The zero-order valence-corrected chi connectivity index (χ0v) is 15.2. The molecule has 0 N–H and O–H groups in total. The molecule has 0 unspecified atom stereocenters. The minimum Gasteiger partial charge on any atom is -0.484 e. The summed E-state index contributed by atoms with van der Waals surface area (Å²) in [6.07, 6.45) is 4.79. The van der Waals surface area contributed by atoms with Crippen LogP contribution in [0.15, 0.2) is 48.5 Å². The first-order chi connectivity index (χ1) is 12.1. The molecule has 0 saturated heterocycles. The highest BCUT2D eigenvalue weighted by atomic mass is 16.5. The number of amides is 1. The van der Waals surface area contributed by atoms with Crippen LogP contribution >= 0.6 is 0 Å². The first kappa shape index (κ1) is 17.5. The third-order valence-electron chi connectivity index (χ3n) is 4.82. The van der Waals surface area contributed by atoms with Crippen molar-refractivity contribution in [2.45, 2.75) is 52.1 Å². The third kappa shape index (κ3) is 4.62. The average molecular weight is 337 g/mol. The maximum absolute atomic E-state index is 12.7. The minimum absolute atomic E-state index is 0.0246. The van der Waals surface area contributed by atoms with E-state index in [0.717, 1.165) is 24.2 Å². The van der Waals surface area contributed by atoms with Gasteiger partial charge >= 0.3 is 0 Å². The van der Waals surface area contributed by atoms with Crippen LogP contribution in [0.5, 0.6) is 5.75 Å². The summed E-state index contributed by atoms with van der Waals surface area (Å²) in [5.41, 5.74) is 3.94. The Labute approximate surface area is 150 Å². The van der Waals surface area contributed by atoms with Gasteiger partial charge in [-0.2, -0.15) is 0 Å². The molecule has 0 atom stereocenters. The second kappa shape index (κ2) is 8.19. The molecular weight excluding hydrogens is 310 g/mol. The van der Waals surface area contributed by atoms with Crippen LogP contribution in [0.3, 0.4) is 0 Å². The maximum Gasteiger partial charge on any atom is 0.261 e. The molecule has 1 aliphatic rings. The van der Waals surface area contributed by atoms with E-state index in [-0.39, 0.29) is 18.6 Å². The molecule has 0 radical (unpaired) electrons. The number of aryl methyl sites for hydroxylation is 2. The molecule has 0 aromatic heterocycles. The first-order valence-electron chi connectivity index (χ1n) is 9.21. The van der Waals surface area contributed by atoms with Gasteiger partial charge in [-0.05, 0) is 68.4 Å². The number of carbonyl (C=O) groups is 1. The number of ether oxygens (including phenoxy) is 1. The summed E-state index contributed by atoms with van der Waals surface area (Å²) in [5.74, 6) is 0.828. The highest BCUT2D eigenvalue weighted by Gasteiger charge is 2.18. The van der Waals surface area contributed by atoms with Crippen LogP contribution in [0.25, 0.3) is 0 Å². The van der Waals surface area contributed by atoms with Gasteiger partial charge in [0, 0.05) is 12.6 Å². The van der Waals surface area contributed by atoms with E-state index >= 15 is 0 Å². The van der Waals surface area contributed by atoms with E-state index in [4.69, 9.17) is 4.74 Å². The molecule has 0 fully saturated rings. The molecule has 1 aliphatic carbocycles. The summed E-state index contributed by atoms with van der Waals surface area (Å²) in [7, 11) is 0. The third-order valence-corrected chi connectivity index (χ3v) is 4.82. The predicted molar refractivity (Wildman–Crippen MR) is 101 cm³/mol. The fraction of sp³-hybridized carbons (Fsp3) is 0.409. The molecule has 0 spiro atoms. The molecule has 3 rings (SSSR count). The molecule has 2 aromatic carbocycles. The van der Waals surface area contributed by atoms with Gasteiger partial charge in [-0.3, -0.25) is 4.79 Å². The van der Waals surface area contributed by atoms with Crippen molar-refractivity contribution in [3.8, 4) is 5.75 Å². The van der Waals surface area contributed by atoms with Crippen molar-refractivity contribution < 1.29 is 9.53 Å². The summed E-state index contributed by atoms with van der Waals surface area (Å²) >= 11 is 0. The smallest absolute Gasteiger partial charge is 0.261 e. The normalized spacial score (nSPS) is 13.4. The van der Waals surface area contributed by atoms with E-state index in [9.17, 15) is 4.79 Å². The van der Waals surface area contributed by atoms with Gasteiger partial charge in [0.15, 0.2) is 6.61 Å². The number of fused-ring (bicyclic) bond motifs is 1. The lowest BCUT2D eigenvalue weighted by molar-refractivity contribution is -0.135. The zero-order valence-electron chi connectivity index (χ0n) is 15.2. The van der Waals surface area contributed by atoms with Crippen molar-refractivity contribution >= 4 is 5.91 Å². The van der Waals surface area contributed by atoms with Gasteiger partial charge in [-0.25, -0.2) is 0 Å². The van der Waals surface area contributed by atoms with Crippen molar-refractivity contribution in [2.75, 3.05) is 6.61 Å². The lowest BCUT2D eigenvalue weighted by Gasteiger charge is -2.27. The second-order valence-electron chi connectivity index (χ2n) is 7.03. The van der Waals surface area contributed by atoms with E-state index in [1.807, 2.05) is 55.1 Å². The molecular formula is C22H27NO2. The van der Waals surface area contributed by atoms with Crippen LogP contribution in [-0.4, -0.2) is 23.5 Å². The number of nitrogens with zero attached hydrogens (tertiary/aromatic N) is 1. The Balaban J connectivity index is 1.61. The SMILES string of the molecule is CC(C)N(Cc1ccccc1)C(=O)COc1ccc2c(c1)CCCC2. The van der Waals surface area contributed by atoms with Crippen LogP contribution in [-0.2, 0) is 24.2 Å². The number of hydrogen-bond acceptors (Lipinski definition) is 2. The van der Waals surface area contributed by atoms with Crippen molar-refractivity contribution in [1.29, 1.82) is 0 Å². The molecule has 0 bridgehead atoms. The monoisotopic (exact) mass is 337 g/mol. The predicted octanol–water partition coefficient (Wildman–Crippen LogP) is 4.38. The highest BCUT2D eigenvalue weighted by molar-refractivity contribution is 5.78. The fourth-order valence-electron chi connectivity index (χ4n) is 3.37. The van der Waals surface area contributed by atoms with Gasteiger partial charge in [-0.15, -0.1) is 0 Å². The topological polar surface area (TPSA) is 29.5 Å². The number of carbonyl (C=O) groups excluding carboxylic acids is 1. The zero-order chi connectivity index (χ0) is 17.6. The number of rotatable bonds is 6. The lowest BCUT2D eigenvalue weighted by atomic mass is 9.92. The van der Waals surface area contributed by atoms with Gasteiger partial charge in [-0.1, -0.05) is 36.4 Å². The van der Waals surface area contributed by atoms with Gasteiger partial charge in [0.1, 0.15) is 5.75 Å². The summed E-state index contributed by atoms with van der Waals surface area (Å²) < 4.78 is 5.81. The van der Waals surface area contributed by atoms with Crippen LogP contribution in [0.1, 0.15) is 43.4 Å². The molecule has 2 aromatic rings. The van der Waals surface area contributed by atoms with Crippen molar-refractivity contribution in [1.82, 2.24) is 4.90 Å². The standard InChI is InChI=1S/C22H27NO2/c1-17(2)23(15-18-8-4-3-5-9-18)22(24)16-25-21-13-12-19-10-6-7-11-20(19)14-21/h3-5,8-9,12-14,17H,6-7,10-11,15-16H2,1-2H3. The van der Waals surface area contributed by atoms with E-state index in [0.29, 0.717) is 6.54 Å². The molecule has 132 valence electrons. The maximum atomic E-state index is 12.7. The molecule has 3 nitrogen and oxygen atoms in total. The molecule has 3 heteroatoms. The first-order valence-corrected chi connectivity index (χ1v) is 9.21. The Morgan fingerprint density at radius 1 is 1.04 bits per heavy atom.